The van der Waals surface area contributed by atoms with Gasteiger partial charge in [-0.25, -0.2) is 0 Å². The Balaban J connectivity index is 4.29. The molecule has 0 amide bonds. The van der Waals surface area contributed by atoms with Crippen LogP contribution in [-0.2, 0) is 0 Å². The van der Waals surface area contributed by atoms with Crippen LogP contribution >= 0.6 is 0 Å². The molecule has 0 heterocycles. The summed E-state index contributed by atoms with van der Waals surface area (Å²) < 4.78 is 0. The SMILES string of the molecule is C=CCN(CCC)C(CNCC(C)C)C(C)C. The third-order valence-electron chi connectivity index (χ3n) is 3.02. The average Bonchev–Trinajstić information content (AvgIpc) is 2.23. The molecular formula is C15H32N2. The molecule has 0 fully saturated rings. The Morgan fingerprint density at radius 2 is 1.82 bits per heavy atom. The molecule has 0 radical (unpaired) electrons. The predicted octanol–water partition coefficient (Wildman–Crippen LogP) is 3.15. The summed E-state index contributed by atoms with van der Waals surface area (Å²) >= 11 is 0. The van der Waals surface area contributed by atoms with Crippen LogP contribution in [0.4, 0.5) is 0 Å². The molecule has 2 heteroatoms. The minimum atomic E-state index is 0.617. The summed E-state index contributed by atoms with van der Waals surface area (Å²) in [6.45, 7) is 19.6. The zero-order valence-corrected chi connectivity index (χ0v) is 12.5. The highest BCUT2D eigenvalue weighted by molar-refractivity contribution is 4.82. The van der Waals surface area contributed by atoms with E-state index in [0.29, 0.717) is 12.0 Å². The van der Waals surface area contributed by atoms with Gasteiger partial charge in [-0.3, -0.25) is 4.90 Å². The summed E-state index contributed by atoms with van der Waals surface area (Å²) in [6.07, 6.45) is 3.23. The van der Waals surface area contributed by atoms with E-state index < -0.39 is 0 Å². The van der Waals surface area contributed by atoms with Crippen molar-refractivity contribution in [1.82, 2.24) is 10.2 Å². The van der Waals surface area contributed by atoms with Crippen molar-refractivity contribution in [1.29, 1.82) is 0 Å². The van der Waals surface area contributed by atoms with Crippen molar-refractivity contribution in [2.24, 2.45) is 11.8 Å². The smallest absolute Gasteiger partial charge is 0.0246 e. The fraction of sp³-hybridized carbons (Fsp3) is 0.867. The molecule has 0 aromatic rings. The second kappa shape index (κ2) is 9.67. The van der Waals surface area contributed by atoms with Gasteiger partial charge in [0.05, 0.1) is 0 Å². The van der Waals surface area contributed by atoms with Crippen LogP contribution in [0.2, 0.25) is 0 Å². The van der Waals surface area contributed by atoms with Crippen molar-refractivity contribution in [3.8, 4) is 0 Å². The first-order chi connectivity index (χ1) is 8.02. The lowest BCUT2D eigenvalue weighted by atomic mass is 10.0. The molecule has 2 nitrogen and oxygen atoms in total. The van der Waals surface area contributed by atoms with Crippen LogP contribution in [0.1, 0.15) is 41.0 Å². The fourth-order valence-electron chi connectivity index (χ4n) is 2.15. The van der Waals surface area contributed by atoms with Crippen LogP contribution in [0.15, 0.2) is 12.7 Å². The second-order valence-corrected chi connectivity index (χ2v) is 5.65. The normalized spacial score (nSPS) is 13.6. The summed E-state index contributed by atoms with van der Waals surface area (Å²) in [4.78, 5) is 2.55. The van der Waals surface area contributed by atoms with Crippen molar-refractivity contribution in [3.05, 3.63) is 12.7 Å². The number of hydrogen-bond acceptors (Lipinski definition) is 2. The third kappa shape index (κ3) is 7.56. The van der Waals surface area contributed by atoms with E-state index in [1.165, 1.54) is 6.42 Å². The highest BCUT2D eigenvalue weighted by atomic mass is 15.2. The summed E-state index contributed by atoms with van der Waals surface area (Å²) in [5.41, 5.74) is 0. The van der Waals surface area contributed by atoms with E-state index in [9.17, 15) is 0 Å². The molecule has 0 aliphatic rings. The van der Waals surface area contributed by atoms with Crippen LogP contribution in [-0.4, -0.2) is 37.1 Å². The van der Waals surface area contributed by atoms with Crippen LogP contribution in [0, 0.1) is 11.8 Å². The predicted molar refractivity (Wildman–Crippen MR) is 78.4 cm³/mol. The molecular weight excluding hydrogens is 208 g/mol. The maximum atomic E-state index is 3.87. The first-order valence-corrected chi connectivity index (χ1v) is 7.08. The van der Waals surface area contributed by atoms with Crippen LogP contribution in [0.5, 0.6) is 0 Å². The topological polar surface area (TPSA) is 15.3 Å². The summed E-state index contributed by atoms with van der Waals surface area (Å²) in [7, 11) is 0. The molecule has 0 spiro atoms. The first kappa shape index (κ1) is 16.7. The van der Waals surface area contributed by atoms with Gasteiger partial charge < -0.3 is 5.32 Å². The second-order valence-electron chi connectivity index (χ2n) is 5.65. The van der Waals surface area contributed by atoms with Gasteiger partial charge in [0.1, 0.15) is 0 Å². The van der Waals surface area contributed by atoms with E-state index in [1.54, 1.807) is 0 Å². The molecule has 0 aliphatic carbocycles. The molecule has 0 aromatic heterocycles. The minimum absolute atomic E-state index is 0.617. The summed E-state index contributed by atoms with van der Waals surface area (Å²) in [5.74, 6) is 1.41. The van der Waals surface area contributed by atoms with Gasteiger partial charge in [0, 0.05) is 19.1 Å². The molecule has 1 N–H and O–H groups in total. The molecule has 102 valence electrons. The zero-order chi connectivity index (χ0) is 13.3. The van der Waals surface area contributed by atoms with Gasteiger partial charge in [-0.1, -0.05) is 40.7 Å². The van der Waals surface area contributed by atoms with Crippen molar-refractivity contribution >= 4 is 0 Å². The Bertz CT molecular complexity index is 187. The summed E-state index contributed by atoms with van der Waals surface area (Å²) in [5, 5.41) is 3.59. The van der Waals surface area contributed by atoms with Gasteiger partial charge >= 0.3 is 0 Å². The molecule has 0 aromatic carbocycles. The van der Waals surface area contributed by atoms with E-state index in [-0.39, 0.29) is 0 Å². The standard InChI is InChI=1S/C15H32N2/c1-7-9-17(10-8-2)15(14(5)6)12-16-11-13(3)4/h7,13-16H,1,8-12H2,2-6H3. The van der Waals surface area contributed by atoms with E-state index in [0.717, 1.165) is 32.1 Å². The van der Waals surface area contributed by atoms with E-state index in [1.807, 2.05) is 6.08 Å². The maximum absolute atomic E-state index is 3.87. The van der Waals surface area contributed by atoms with Gasteiger partial charge in [0.2, 0.25) is 0 Å². The van der Waals surface area contributed by atoms with Crippen LogP contribution < -0.4 is 5.32 Å². The quantitative estimate of drug-likeness (QED) is 0.590. The summed E-state index contributed by atoms with van der Waals surface area (Å²) in [6, 6.07) is 0.617. The molecule has 0 rings (SSSR count). The van der Waals surface area contributed by atoms with Crippen molar-refractivity contribution in [3.63, 3.8) is 0 Å². The third-order valence-corrected chi connectivity index (χ3v) is 3.02. The van der Waals surface area contributed by atoms with Gasteiger partial charge in [-0.2, -0.15) is 0 Å². The van der Waals surface area contributed by atoms with Crippen molar-refractivity contribution in [2.45, 2.75) is 47.1 Å². The number of rotatable bonds is 10. The van der Waals surface area contributed by atoms with E-state index in [4.69, 9.17) is 0 Å². The average molecular weight is 240 g/mol. The van der Waals surface area contributed by atoms with E-state index in [2.05, 4.69) is 51.4 Å². The lowest BCUT2D eigenvalue weighted by Gasteiger charge is -2.34. The minimum Gasteiger partial charge on any atom is -0.315 e. The molecule has 0 saturated heterocycles. The Morgan fingerprint density at radius 1 is 1.18 bits per heavy atom. The monoisotopic (exact) mass is 240 g/mol. The maximum Gasteiger partial charge on any atom is 0.0246 e. The first-order valence-electron chi connectivity index (χ1n) is 7.08. The molecule has 0 bridgehead atoms. The van der Waals surface area contributed by atoms with Crippen molar-refractivity contribution in [2.75, 3.05) is 26.2 Å². The molecule has 1 atom stereocenters. The number of nitrogens with one attached hydrogen (secondary N) is 1. The molecule has 0 saturated carbocycles. The Morgan fingerprint density at radius 3 is 2.24 bits per heavy atom. The van der Waals surface area contributed by atoms with Gasteiger partial charge in [-0.15, -0.1) is 6.58 Å². The van der Waals surface area contributed by atoms with Gasteiger partial charge in [-0.05, 0) is 31.3 Å². The van der Waals surface area contributed by atoms with Gasteiger partial charge in [0.15, 0.2) is 0 Å². The lowest BCUT2D eigenvalue weighted by Crippen LogP contribution is -2.46. The van der Waals surface area contributed by atoms with Crippen LogP contribution in [0.25, 0.3) is 0 Å². The largest absolute Gasteiger partial charge is 0.315 e. The van der Waals surface area contributed by atoms with Crippen molar-refractivity contribution < 1.29 is 0 Å². The highest BCUT2D eigenvalue weighted by Gasteiger charge is 2.19. The molecule has 17 heavy (non-hydrogen) atoms. The van der Waals surface area contributed by atoms with E-state index >= 15 is 0 Å². The van der Waals surface area contributed by atoms with Gasteiger partial charge in [0.25, 0.3) is 0 Å². The zero-order valence-electron chi connectivity index (χ0n) is 12.5. The Kier molecular flexibility index (Phi) is 9.47. The highest BCUT2D eigenvalue weighted by Crippen LogP contribution is 2.11. The van der Waals surface area contributed by atoms with Crippen LogP contribution in [0.3, 0.4) is 0 Å². The Labute approximate surface area is 108 Å². The Hall–Kier alpha value is -0.340. The lowest BCUT2D eigenvalue weighted by molar-refractivity contribution is 0.167. The number of nitrogens with zero attached hydrogens (tertiary/aromatic N) is 1. The number of hydrogen-bond donors (Lipinski definition) is 1. The molecule has 1 unspecified atom stereocenters. The fourth-order valence-corrected chi connectivity index (χ4v) is 2.15. The molecule has 0 aliphatic heterocycles.